The fourth-order valence-electron chi connectivity index (χ4n) is 3.31. The number of hydrogen-bond acceptors (Lipinski definition) is 5. The average Bonchev–Trinajstić information content (AvgIpc) is 3.14. The van der Waals surface area contributed by atoms with Gasteiger partial charge in [0, 0.05) is 23.5 Å². The summed E-state index contributed by atoms with van der Waals surface area (Å²) in [7, 11) is 0. The molecule has 0 radical (unpaired) electrons. The molecule has 25 heavy (non-hydrogen) atoms. The third-order valence-electron chi connectivity index (χ3n) is 4.46. The molecule has 3 N–H and O–H groups in total. The fourth-order valence-corrected chi connectivity index (χ4v) is 4.08. The van der Waals surface area contributed by atoms with Crippen LogP contribution in [0.15, 0.2) is 24.0 Å². The van der Waals surface area contributed by atoms with Gasteiger partial charge in [0.05, 0.1) is 5.39 Å². The Morgan fingerprint density at radius 1 is 1.28 bits per heavy atom. The molecule has 0 atom stereocenters. The molecule has 1 saturated heterocycles. The van der Waals surface area contributed by atoms with Gasteiger partial charge in [0.1, 0.15) is 23.6 Å². The minimum atomic E-state index is -0.159. The van der Waals surface area contributed by atoms with Crippen LogP contribution in [0.5, 0.6) is 0 Å². The first-order valence-corrected chi connectivity index (χ1v) is 8.64. The molecular formula is C16H20Cl2FN5S. The van der Waals surface area contributed by atoms with Crippen LogP contribution in [0.25, 0.3) is 11.0 Å². The maximum Gasteiger partial charge on any atom is 0.146 e. The van der Waals surface area contributed by atoms with Gasteiger partial charge in [0.2, 0.25) is 0 Å². The molecule has 4 heterocycles. The van der Waals surface area contributed by atoms with Crippen molar-refractivity contribution in [2.75, 3.05) is 18.8 Å². The highest BCUT2D eigenvalue weighted by Gasteiger charge is 2.21. The number of rotatable bonds is 3. The van der Waals surface area contributed by atoms with Gasteiger partial charge in [0.25, 0.3) is 0 Å². The van der Waals surface area contributed by atoms with Crippen LogP contribution < -0.4 is 11.1 Å². The van der Waals surface area contributed by atoms with Gasteiger partial charge in [-0.15, -0.1) is 36.2 Å². The second-order valence-electron chi connectivity index (χ2n) is 5.87. The van der Waals surface area contributed by atoms with Crippen molar-refractivity contribution in [2.24, 2.45) is 0 Å². The van der Waals surface area contributed by atoms with Crippen LogP contribution in [-0.2, 0) is 6.42 Å². The number of hydrogen-bond donors (Lipinski definition) is 2. The van der Waals surface area contributed by atoms with Gasteiger partial charge in [-0.2, -0.15) is 0 Å². The molecule has 0 amide bonds. The van der Waals surface area contributed by atoms with E-state index >= 15 is 0 Å². The summed E-state index contributed by atoms with van der Waals surface area (Å²) in [6, 6.07) is 1.90. The zero-order valence-corrected chi connectivity index (χ0v) is 15.9. The molecule has 1 aliphatic rings. The first kappa shape index (κ1) is 19.9. The van der Waals surface area contributed by atoms with Gasteiger partial charge in [-0.1, -0.05) is 0 Å². The lowest BCUT2D eigenvalue weighted by molar-refractivity contribution is 0.374. The van der Waals surface area contributed by atoms with Gasteiger partial charge in [0.15, 0.2) is 0 Å². The van der Waals surface area contributed by atoms with Crippen LogP contribution in [0.3, 0.4) is 0 Å². The van der Waals surface area contributed by atoms with Gasteiger partial charge in [-0.3, -0.25) is 0 Å². The van der Waals surface area contributed by atoms with Crippen molar-refractivity contribution in [3.05, 3.63) is 40.2 Å². The third kappa shape index (κ3) is 3.74. The lowest BCUT2D eigenvalue weighted by Crippen LogP contribution is -2.29. The van der Waals surface area contributed by atoms with E-state index in [1.165, 1.54) is 23.7 Å². The van der Waals surface area contributed by atoms with E-state index in [2.05, 4.69) is 26.0 Å². The Balaban J connectivity index is 0.00000113. The predicted molar refractivity (Wildman–Crippen MR) is 105 cm³/mol. The van der Waals surface area contributed by atoms with Crippen LogP contribution in [0.2, 0.25) is 0 Å². The molecule has 0 unspecified atom stereocenters. The first-order valence-electron chi connectivity index (χ1n) is 7.76. The molecule has 1 fully saturated rings. The number of aromatic nitrogens is 3. The smallest absolute Gasteiger partial charge is 0.146 e. The largest absolute Gasteiger partial charge is 0.383 e. The van der Waals surface area contributed by atoms with Crippen molar-refractivity contribution >= 4 is 53.0 Å². The number of nitrogens with one attached hydrogen (secondary N) is 1. The Morgan fingerprint density at radius 3 is 2.72 bits per heavy atom. The van der Waals surface area contributed by atoms with Crippen molar-refractivity contribution in [2.45, 2.75) is 25.3 Å². The topological polar surface area (TPSA) is 68.8 Å². The fraction of sp³-hybridized carbons (Fsp3) is 0.375. The Hall–Kier alpha value is -1.41. The summed E-state index contributed by atoms with van der Waals surface area (Å²) in [6.45, 7) is 2.00. The van der Waals surface area contributed by atoms with Crippen LogP contribution in [0, 0.1) is 5.82 Å². The number of piperidine rings is 1. The quantitative estimate of drug-likeness (QED) is 0.700. The van der Waals surface area contributed by atoms with Gasteiger partial charge in [-0.05, 0) is 42.9 Å². The summed E-state index contributed by atoms with van der Waals surface area (Å²) in [4.78, 5) is 9.30. The van der Waals surface area contributed by atoms with Crippen LogP contribution in [0.4, 0.5) is 10.2 Å². The Bertz CT molecular complexity index is 844. The number of anilines is 1. The van der Waals surface area contributed by atoms with E-state index in [-0.39, 0.29) is 30.6 Å². The molecule has 5 nitrogen and oxygen atoms in total. The molecular weight excluding hydrogens is 384 g/mol. The molecule has 0 aromatic carbocycles. The summed E-state index contributed by atoms with van der Waals surface area (Å²) in [5.41, 5.74) is 7.96. The van der Waals surface area contributed by atoms with Crippen molar-refractivity contribution in [3.8, 4) is 0 Å². The highest BCUT2D eigenvalue weighted by atomic mass is 35.5. The van der Waals surface area contributed by atoms with E-state index in [0.29, 0.717) is 18.3 Å². The maximum absolute atomic E-state index is 13.8. The molecule has 9 heteroatoms. The number of thiophene rings is 1. The zero-order valence-electron chi connectivity index (χ0n) is 13.4. The number of nitrogens with zero attached hydrogens (tertiary/aromatic N) is 3. The number of nitrogens with two attached hydrogens (primary N) is 1. The lowest BCUT2D eigenvalue weighted by Gasteiger charge is -2.24. The second kappa shape index (κ2) is 8.31. The van der Waals surface area contributed by atoms with Crippen molar-refractivity contribution in [1.29, 1.82) is 0 Å². The molecule has 0 bridgehead atoms. The molecule has 4 rings (SSSR count). The van der Waals surface area contributed by atoms with Gasteiger partial charge in [-0.25, -0.2) is 14.4 Å². The highest BCUT2D eigenvalue weighted by Crippen LogP contribution is 2.32. The maximum atomic E-state index is 13.8. The van der Waals surface area contributed by atoms with E-state index in [4.69, 9.17) is 5.73 Å². The monoisotopic (exact) mass is 403 g/mol. The Morgan fingerprint density at radius 2 is 2.04 bits per heavy atom. The number of fused-ring (bicyclic) bond motifs is 1. The summed E-state index contributed by atoms with van der Waals surface area (Å²) in [5.74, 6) is 0.308. The summed E-state index contributed by atoms with van der Waals surface area (Å²) in [6.07, 6.45) is 6.23. The minimum absolute atomic E-state index is 0. The third-order valence-corrected chi connectivity index (χ3v) is 5.36. The predicted octanol–water partition coefficient (Wildman–Crippen LogP) is 3.57. The molecule has 136 valence electrons. The molecule has 1 aliphatic heterocycles. The SMILES string of the molecule is Cl.Cl.Nc1ncnc2c1c(Cc1sccc1F)cn2C1CCNCC1. The average molecular weight is 404 g/mol. The number of nitrogen functional groups attached to an aromatic ring is 1. The molecule has 0 saturated carbocycles. The molecule has 0 aliphatic carbocycles. The number of halogens is 3. The van der Waals surface area contributed by atoms with E-state index < -0.39 is 0 Å². The summed E-state index contributed by atoms with van der Waals surface area (Å²) in [5, 5.41) is 6.01. The molecule has 3 aromatic heterocycles. The van der Waals surface area contributed by atoms with Gasteiger partial charge < -0.3 is 15.6 Å². The van der Waals surface area contributed by atoms with E-state index in [9.17, 15) is 4.39 Å². The molecule has 3 aromatic rings. The highest BCUT2D eigenvalue weighted by molar-refractivity contribution is 7.10. The van der Waals surface area contributed by atoms with E-state index in [1.54, 1.807) is 5.38 Å². The van der Waals surface area contributed by atoms with Crippen LogP contribution >= 0.6 is 36.2 Å². The normalized spacial score (nSPS) is 14.9. The van der Waals surface area contributed by atoms with Crippen molar-refractivity contribution in [1.82, 2.24) is 19.9 Å². The van der Waals surface area contributed by atoms with E-state index in [1.807, 2.05) is 0 Å². The van der Waals surface area contributed by atoms with E-state index in [0.717, 1.165) is 47.4 Å². The molecule has 0 spiro atoms. The second-order valence-corrected chi connectivity index (χ2v) is 6.87. The van der Waals surface area contributed by atoms with Gasteiger partial charge >= 0.3 is 0 Å². The Labute approximate surface area is 161 Å². The lowest BCUT2D eigenvalue weighted by atomic mass is 10.1. The standard InChI is InChI=1S/C16H18FN5S.2ClH/c17-12-3-6-23-13(12)7-10-8-22(11-1-4-19-5-2-11)16-14(10)15(18)20-9-21-16;;/h3,6,8-9,11,19H,1-2,4-5,7H2,(H2,18,20,21);2*1H. The van der Waals surface area contributed by atoms with Crippen molar-refractivity contribution < 1.29 is 4.39 Å². The summed E-state index contributed by atoms with van der Waals surface area (Å²) >= 11 is 1.43. The summed E-state index contributed by atoms with van der Waals surface area (Å²) < 4.78 is 16.0. The van der Waals surface area contributed by atoms with Crippen LogP contribution in [-0.4, -0.2) is 27.6 Å². The van der Waals surface area contributed by atoms with Crippen molar-refractivity contribution in [3.63, 3.8) is 0 Å². The minimum Gasteiger partial charge on any atom is -0.383 e. The Kier molecular flexibility index (Phi) is 6.62. The zero-order chi connectivity index (χ0) is 15.8. The van der Waals surface area contributed by atoms with Crippen LogP contribution in [0.1, 0.15) is 29.3 Å². The first-order chi connectivity index (χ1) is 11.2.